The number of benzene rings is 1. The minimum atomic E-state index is -1.27. The number of nitrogens with one attached hydrogen (secondary N) is 1. The summed E-state index contributed by atoms with van der Waals surface area (Å²) in [7, 11) is 0. The molecular weight excluding hydrogens is 458 g/mol. The number of rotatable bonds is 3. The van der Waals surface area contributed by atoms with E-state index in [4.69, 9.17) is 23.7 Å². The Bertz CT molecular complexity index is 1150. The van der Waals surface area contributed by atoms with Gasteiger partial charge in [-0.05, 0) is 45.9 Å². The molecule has 0 saturated carbocycles. The van der Waals surface area contributed by atoms with Gasteiger partial charge in [-0.25, -0.2) is 4.79 Å². The lowest BCUT2D eigenvalue weighted by molar-refractivity contribution is -0.332. The summed E-state index contributed by atoms with van der Waals surface area (Å²) in [6.07, 6.45) is -3.73. The van der Waals surface area contributed by atoms with Crippen molar-refractivity contribution in [3.05, 3.63) is 58.6 Å². The van der Waals surface area contributed by atoms with Crippen molar-refractivity contribution in [1.29, 1.82) is 0 Å². The van der Waals surface area contributed by atoms with Crippen LogP contribution in [0.1, 0.15) is 44.3 Å². The van der Waals surface area contributed by atoms with Crippen LogP contribution < -0.4 is 11.0 Å². The molecule has 1 amide bonds. The minimum absolute atomic E-state index is 0.0756. The molecule has 0 aliphatic carbocycles. The predicted octanol–water partition coefficient (Wildman–Crippen LogP) is 1.43. The predicted molar refractivity (Wildman–Crippen MR) is 122 cm³/mol. The Labute approximate surface area is 201 Å². The number of nitrogens with zero attached hydrogens (tertiary/aromatic N) is 2. The first-order chi connectivity index (χ1) is 16.5. The number of carbonyl (C=O) groups is 1. The average molecular weight is 488 g/mol. The van der Waals surface area contributed by atoms with E-state index in [1.54, 1.807) is 58.0 Å². The molecule has 11 nitrogen and oxygen atoms in total. The third-order valence-corrected chi connectivity index (χ3v) is 6.19. The maximum Gasteiger partial charge on any atom is 0.351 e. The topological polar surface area (TPSA) is 130 Å². The molecular formula is C24H29N3O8. The van der Waals surface area contributed by atoms with Crippen molar-refractivity contribution < 1.29 is 33.6 Å². The maximum absolute atomic E-state index is 13.0. The van der Waals surface area contributed by atoms with Crippen LogP contribution in [-0.2, 0) is 23.7 Å². The summed E-state index contributed by atoms with van der Waals surface area (Å²) in [5.74, 6) is -2.17. The van der Waals surface area contributed by atoms with Crippen LogP contribution in [0.3, 0.4) is 0 Å². The number of hydrogen-bond acceptors (Lipinski definition) is 9. The molecule has 11 heteroatoms. The maximum atomic E-state index is 13.0. The number of aromatic nitrogens is 2. The van der Waals surface area contributed by atoms with E-state index in [9.17, 15) is 14.7 Å². The van der Waals surface area contributed by atoms with Crippen molar-refractivity contribution in [2.75, 3.05) is 11.9 Å². The summed E-state index contributed by atoms with van der Waals surface area (Å²) in [4.78, 5) is 29.4. The summed E-state index contributed by atoms with van der Waals surface area (Å²) >= 11 is 0. The van der Waals surface area contributed by atoms with Crippen molar-refractivity contribution in [2.24, 2.45) is 0 Å². The van der Waals surface area contributed by atoms with E-state index < -0.39 is 59.9 Å². The van der Waals surface area contributed by atoms with Gasteiger partial charge in [-0.15, -0.1) is 0 Å². The Morgan fingerprint density at radius 1 is 1.03 bits per heavy atom. The molecule has 188 valence electrons. The van der Waals surface area contributed by atoms with Crippen molar-refractivity contribution in [3.8, 4) is 0 Å². The van der Waals surface area contributed by atoms with Gasteiger partial charge in [0.25, 0.3) is 5.91 Å². The molecule has 3 aliphatic heterocycles. The van der Waals surface area contributed by atoms with E-state index in [-0.39, 0.29) is 12.4 Å². The molecule has 35 heavy (non-hydrogen) atoms. The second-order valence-electron chi connectivity index (χ2n) is 9.74. The van der Waals surface area contributed by atoms with Crippen LogP contribution in [0, 0.1) is 0 Å². The second-order valence-corrected chi connectivity index (χ2v) is 9.74. The van der Waals surface area contributed by atoms with Gasteiger partial charge in [0.05, 0.1) is 6.61 Å². The molecule has 3 unspecified atom stereocenters. The van der Waals surface area contributed by atoms with Crippen molar-refractivity contribution in [2.45, 2.75) is 76.0 Å². The molecule has 0 bridgehead atoms. The number of hydrogen-bond donors (Lipinski definition) is 2. The van der Waals surface area contributed by atoms with Gasteiger partial charge >= 0.3 is 5.69 Å². The van der Waals surface area contributed by atoms with E-state index in [1.165, 1.54) is 12.3 Å². The zero-order valence-corrected chi connectivity index (χ0v) is 19.9. The number of aliphatic hydroxyl groups excluding tert-OH is 1. The summed E-state index contributed by atoms with van der Waals surface area (Å²) in [5, 5.41) is 13.9. The smallest absolute Gasteiger partial charge is 0.351 e. The highest BCUT2D eigenvalue weighted by Crippen LogP contribution is 2.42. The van der Waals surface area contributed by atoms with Crippen LogP contribution >= 0.6 is 0 Å². The van der Waals surface area contributed by atoms with E-state index >= 15 is 0 Å². The molecule has 1 aromatic carbocycles. The number of aliphatic hydroxyl groups is 1. The van der Waals surface area contributed by atoms with Crippen LogP contribution in [0.5, 0.6) is 0 Å². The highest BCUT2D eigenvalue weighted by atomic mass is 16.8. The minimum Gasteiger partial charge on any atom is -0.386 e. The number of amides is 1. The number of fused-ring (bicyclic) bond motifs is 3. The third-order valence-electron chi connectivity index (χ3n) is 6.19. The number of anilines is 1. The van der Waals surface area contributed by atoms with E-state index in [1.807, 2.05) is 0 Å². The largest absolute Gasteiger partial charge is 0.386 e. The van der Waals surface area contributed by atoms with Crippen LogP contribution in [0.15, 0.2) is 47.4 Å². The van der Waals surface area contributed by atoms with Gasteiger partial charge in [0.15, 0.2) is 17.8 Å². The third kappa shape index (κ3) is 4.75. The molecule has 3 saturated heterocycles. The highest BCUT2D eigenvalue weighted by Gasteiger charge is 2.58. The van der Waals surface area contributed by atoms with Gasteiger partial charge in [0.1, 0.15) is 36.3 Å². The first kappa shape index (κ1) is 24.0. The molecule has 4 heterocycles. The molecule has 5 rings (SSSR count). The highest BCUT2D eigenvalue weighted by molar-refractivity contribution is 6.03. The molecule has 3 fully saturated rings. The monoisotopic (exact) mass is 487 g/mol. The van der Waals surface area contributed by atoms with Gasteiger partial charge in [0.2, 0.25) is 0 Å². The van der Waals surface area contributed by atoms with Gasteiger partial charge in [0, 0.05) is 11.8 Å². The lowest BCUT2D eigenvalue weighted by atomic mass is 9.99. The number of carbonyl (C=O) groups excluding carboxylic acids is 1. The van der Waals surface area contributed by atoms with Gasteiger partial charge < -0.3 is 34.1 Å². The summed E-state index contributed by atoms with van der Waals surface area (Å²) < 4.78 is 31.3. The van der Waals surface area contributed by atoms with Gasteiger partial charge in [-0.2, -0.15) is 4.98 Å². The van der Waals surface area contributed by atoms with Crippen LogP contribution in [-0.4, -0.2) is 69.3 Å². The Hall–Kier alpha value is -2.67. The fourth-order valence-electron chi connectivity index (χ4n) is 4.65. The SMILES string of the molecule is CC1(C)OCC2O[C@@H](n3ccc(NC(=O)c4ccccc4)nc3=O)C(O)C3OC(C)(C)O[C@H]3[C@@H]2O1. The Morgan fingerprint density at radius 3 is 2.43 bits per heavy atom. The van der Waals surface area contributed by atoms with Crippen molar-refractivity contribution in [3.63, 3.8) is 0 Å². The van der Waals surface area contributed by atoms with Gasteiger partial charge in [-0.3, -0.25) is 9.36 Å². The normalized spacial score (nSPS) is 33.3. The first-order valence-corrected chi connectivity index (χ1v) is 11.5. The van der Waals surface area contributed by atoms with E-state index in [0.29, 0.717) is 5.56 Å². The fourth-order valence-corrected chi connectivity index (χ4v) is 4.65. The second kappa shape index (κ2) is 8.77. The zero-order valence-electron chi connectivity index (χ0n) is 19.9. The summed E-state index contributed by atoms with van der Waals surface area (Å²) in [6, 6.07) is 10.0. The standard InChI is InChI=1S/C24H29N3O8/c1-23(2)31-12-14-17(33-23)19-18(34-24(3,4)35-19)16(28)21(32-14)27-11-10-15(26-22(27)30)25-20(29)13-8-6-5-7-9-13/h5-11,14,16-19,21,28H,12H2,1-4H3,(H,25,26,29,30)/t14?,16?,17-,18?,19+,21-/m1/s1. The molecule has 0 spiro atoms. The van der Waals surface area contributed by atoms with Crippen molar-refractivity contribution >= 4 is 11.7 Å². The van der Waals surface area contributed by atoms with Crippen LogP contribution in [0.4, 0.5) is 5.82 Å². The van der Waals surface area contributed by atoms with Gasteiger partial charge in [-0.1, -0.05) is 18.2 Å². The quantitative estimate of drug-likeness (QED) is 0.660. The van der Waals surface area contributed by atoms with Crippen molar-refractivity contribution in [1.82, 2.24) is 9.55 Å². The van der Waals surface area contributed by atoms with E-state index in [0.717, 1.165) is 4.57 Å². The lowest BCUT2D eigenvalue weighted by Crippen LogP contribution is -2.55. The van der Waals surface area contributed by atoms with E-state index in [2.05, 4.69) is 10.3 Å². The zero-order chi connectivity index (χ0) is 25.0. The fraction of sp³-hybridized carbons (Fsp3) is 0.542. The molecule has 2 N–H and O–H groups in total. The Balaban J connectivity index is 1.43. The molecule has 3 aliphatic rings. The molecule has 1 aromatic heterocycles. The summed E-state index contributed by atoms with van der Waals surface area (Å²) in [5.41, 5.74) is -0.287. The molecule has 6 atom stereocenters. The molecule has 2 aromatic rings. The number of ether oxygens (including phenoxy) is 5. The Kier molecular flexibility index (Phi) is 6.02. The average Bonchev–Trinajstić information content (AvgIpc) is 3.09. The van der Waals surface area contributed by atoms with Crippen LogP contribution in [0.2, 0.25) is 0 Å². The Morgan fingerprint density at radius 2 is 1.71 bits per heavy atom. The van der Waals surface area contributed by atoms with Crippen LogP contribution in [0.25, 0.3) is 0 Å². The first-order valence-electron chi connectivity index (χ1n) is 11.5. The summed E-state index contributed by atoms with van der Waals surface area (Å²) in [6.45, 7) is 7.24. The molecule has 0 radical (unpaired) electrons. The lowest BCUT2D eigenvalue weighted by Gasteiger charge is -2.42.